The van der Waals surface area contributed by atoms with E-state index in [4.69, 9.17) is 8.83 Å². The number of para-hydroxylation sites is 2. The van der Waals surface area contributed by atoms with Gasteiger partial charge >= 0.3 is 0 Å². The molecule has 244 valence electrons. The number of rotatable bonds is 5. The molecule has 0 atom stereocenters. The number of hydrogen-bond donors (Lipinski definition) is 0. The first kappa shape index (κ1) is 29.1. The maximum Gasteiger partial charge on any atom is 0.144 e. The molecule has 0 saturated carbocycles. The number of furan rings is 2. The van der Waals surface area contributed by atoms with Crippen LogP contribution in [0, 0.1) is 0 Å². The molecule has 0 N–H and O–H groups in total. The van der Waals surface area contributed by atoms with Crippen LogP contribution in [-0.4, -0.2) is 0 Å². The third-order valence-corrected chi connectivity index (χ3v) is 11.4. The van der Waals surface area contributed by atoms with Gasteiger partial charge in [0.2, 0.25) is 0 Å². The van der Waals surface area contributed by atoms with Gasteiger partial charge in [-0.15, -0.1) is 11.3 Å². The van der Waals surface area contributed by atoms with Gasteiger partial charge in [0.25, 0.3) is 0 Å². The summed E-state index contributed by atoms with van der Waals surface area (Å²) in [4.78, 5) is 2.41. The van der Waals surface area contributed by atoms with E-state index in [0.29, 0.717) is 0 Å². The van der Waals surface area contributed by atoms with Crippen LogP contribution in [0.5, 0.6) is 0 Å². The lowest BCUT2D eigenvalue weighted by molar-refractivity contribution is 0.669. The molecule has 0 radical (unpaired) electrons. The first-order valence-corrected chi connectivity index (χ1v) is 18.3. The van der Waals surface area contributed by atoms with Crippen LogP contribution in [-0.2, 0) is 0 Å². The second-order valence-electron chi connectivity index (χ2n) is 13.2. The van der Waals surface area contributed by atoms with Gasteiger partial charge in [0, 0.05) is 42.0 Å². The van der Waals surface area contributed by atoms with Gasteiger partial charge in [-0.25, -0.2) is 0 Å². The SMILES string of the molecule is c1ccc(-c2cccc(-c3ccc(N(c4cccc5oc6ccccc6c45)c4cccc5sc6ccc7c8ccccc8oc7c6c45)cc3)c2)cc1. The molecule has 8 aromatic carbocycles. The average Bonchev–Trinajstić information content (AvgIpc) is 3.90. The third kappa shape index (κ3) is 4.45. The summed E-state index contributed by atoms with van der Waals surface area (Å²) in [6, 6.07) is 62.5. The number of anilines is 3. The van der Waals surface area contributed by atoms with Gasteiger partial charge in [-0.1, -0.05) is 109 Å². The Kier molecular flexibility index (Phi) is 6.42. The zero-order valence-corrected chi connectivity index (χ0v) is 28.7. The van der Waals surface area contributed by atoms with Crippen LogP contribution in [0.2, 0.25) is 0 Å². The van der Waals surface area contributed by atoms with E-state index in [2.05, 4.69) is 163 Å². The topological polar surface area (TPSA) is 29.5 Å². The largest absolute Gasteiger partial charge is 0.456 e. The predicted molar refractivity (Wildman–Crippen MR) is 219 cm³/mol. The molecule has 4 heteroatoms. The van der Waals surface area contributed by atoms with Gasteiger partial charge in [-0.2, -0.15) is 0 Å². The summed E-state index contributed by atoms with van der Waals surface area (Å²) < 4.78 is 15.5. The van der Waals surface area contributed by atoms with E-state index in [-0.39, 0.29) is 0 Å². The predicted octanol–water partition coefficient (Wildman–Crippen LogP) is 14.7. The van der Waals surface area contributed by atoms with Gasteiger partial charge in [0.05, 0.1) is 16.8 Å². The lowest BCUT2D eigenvalue weighted by Crippen LogP contribution is -2.10. The van der Waals surface area contributed by atoms with Crippen molar-refractivity contribution in [3.63, 3.8) is 0 Å². The van der Waals surface area contributed by atoms with E-state index in [1.54, 1.807) is 0 Å². The standard InChI is InChI=1S/C48H29NO2S/c1-2-11-30(12-3-1)32-13-8-14-33(29-32)31-23-25-34(26-24-31)49(38-17-9-21-42-45(38)37-16-5-7-20-41(37)50-42)39-18-10-22-43-46(39)47-44(52-43)28-27-36-35-15-4-6-19-40(35)51-48(36)47/h1-29H. The van der Waals surface area contributed by atoms with Crippen molar-refractivity contribution in [2.45, 2.75) is 0 Å². The lowest BCUT2D eigenvalue weighted by atomic mass is 9.98. The quantitative estimate of drug-likeness (QED) is 0.181. The summed E-state index contributed by atoms with van der Waals surface area (Å²) in [5.74, 6) is 0. The molecule has 3 heterocycles. The van der Waals surface area contributed by atoms with Gasteiger partial charge in [-0.05, 0) is 89.0 Å². The molecule has 0 fully saturated rings. The van der Waals surface area contributed by atoms with Crippen molar-refractivity contribution in [1.29, 1.82) is 0 Å². The Hall–Kier alpha value is -6.62. The van der Waals surface area contributed by atoms with E-state index in [9.17, 15) is 0 Å². The maximum atomic E-state index is 6.67. The first-order chi connectivity index (χ1) is 25.8. The van der Waals surface area contributed by atoms with Crippen LogP contribution in [0.25, 0.3) is 86.3 Å². The molecule has 11 rings (SSSR count). The Morgan fingerprint density at radius 1 is 0.365 bits per heavy atom. The second-order valence-corrected chi connectivity index (χ2v) is 14.3. The second kappa shape index (κ2) is 11.5. The number of fused-ring (bicyclic) bond motifs is 10. The van der Waals surface area contributed by atoms with Gasteiger partial charge in [-0.3, -0.25) is 0 Å². The number of hydrogen-bond acceptors (Lipinski definition) is 4. The summed E-state index contributed by atoms with van der Waals surface area (Å²) in [6.07, 6.45) is 0. The fourth-order valence-corrected chi connectivity index (χ4v) is 9.04. The molecule has 0 aliphatic rings. The highest BCUT2D eigenvalue weighted by Gasteiger charge is 2.24. The van der Waals surface area contributed by atoms with Crippen LogP contribution < -0.4 is 4.90 Å². The Labute approximate surface area is 303 Å². The Balaban J connectivity index is 1.17. The highest BCUT2D eigenvalue weighted by Crippen LogP contribution is 2.50. The first-order valence-electron chi connectivity index (χ1n) is 17.5. The fraction of sp³-hybridized carbons (Fsp3) is 0. The zero-order chi connectivity index (χ0) is 34.2. The highest BCUT2D eigenvalue weighted by atomic mass is 32.1. The van der Waals surface area contributed by atoms with Crippen LogP contribution in [0.3, 0.4) is 0 Å². The molecule has 0 saturated heterocycles. The van der Waals surface area contributed by atoms with E-state index in [1.165, 1.54) is 31.5 Å². The molecule has 0 amide bonds. The summed E-state index contributed by atoms with van der Waals surface area (Å²) >= 11 is 1.81. The third-order valence-electron chi connectivity index (χ3n) is 10.3. The van der Waals surface area contributed by atoms with Crippen LogP contribution >= 0.6 is 11.3 Å². The number of thiophene rings is 1. The van der Waals surface area contributed by atoms with Crippen LogP contribution in [0.1, 0.15) is 0 Å². The summed E-state index contributed by atoms with van der Waals surface area (Å²) in [7, 11) is 0. The van der Waals surface area contributed by atoms with Crippen molar-refractivity contribution in [1.82, 2.24) is 0 Å². The highest BCUT2D eigenvalue weighted by molar-refractivity contribution is 7.26. The number of nitrogens with zero attached hydrogens (tertiary/aromatic N) is 1. The van der Waals surface area contributed by atoms with E-state index in [1.807, 2.05) is 29.5 Å². The van der Waals surface area contributed by atoms with Crippen molar-refractivity contribution in [2.24, 2.45) is 0 Å². The molecule has 11 aromatic rings. The Morgan fingerprint density at radius 3 is 1.77 bits per heavy atom. The van der Waals surface area contributed by atoms with Crippen molar-refractivity contribution in [3.8, 4) is 22.3 Å². The molecule has 0 spiro atoms. The van der Waals surface area contributed by atoms with Crippen molar-refractivity contribution >= 4 is 92.4 Å². The summed E-state index contributed by atoms with van der Waals surface area (Å²) in [5.41, 5.74) is 11.5. The average molecular weight is 684 g/mol. The fourth-order valence-electron chi connectivity index (χ4n) is 7.92. The normalized spacial score (nSPS) is 11.8. The van der Waals surface area contributed by atoms with Crippen molar-refractivity contribution in [2.75, 3.05) is 4.90 Å². The molecule has 0 aliphatic carbocycles. The molecule has 0 aliphatic heterocycles. The minimum atomic E-state index is 0.861. The summed E-state index contributed by atoms with van der Waals surface area (Å²) in [5, 5.41) is 6.77. The monoisotopic (exact) mass is 683 g/mol. The van der Waals surface area contributed by atoms with Crippen molar-refractivity contribution in [3.05, 3.63) is 176 Å². The smallest absolute Gasteiger partial charge is 0.144 e. The Morgan fingerprint density at radius 2 is 0.962 bits per heavy atom. The van der Waals surface area contributed by atoms with E-state index < -0.39 is 0 Å². The van der Waals surface area contributed by atoms with Gasteiger partial charge in [0.15, 0.2) is 0 Å². The lowest BCUT2D eigenvalue weighted by Gasteiger charge is -2.27. The molecule has 52 heavy (non-hydrogen) atoms. The van der Waals surface area contributed by atoms with E-state index in [0.717, 1.165) is 71.9 Å². The molecule has 3 nitrogen and oxygen atoms in total. The van der Waals surface area contributed by atoms with Crippen LogP contribution in [0.15, 0.2) is 185 Å². The maximum absolute atomic E-state index is 6.67. The number of benzene rings is 8. The van der Waals surface area contributed by atoms with Gasteiger partial charge < -0.3 is 13.7 Å². The molecular formula is C48H29NO2S. The van der Waals surface area contributed by atoms with Crippen molar-refractivity contribution < 1.29 is 8.83 Å². The van der Waals surface area contributed by atoms with E-state index >= 15 is 0 Å². The molecule has 3 aromatic heterocycles. The zero-order valence-electron chi connectivity index (χ0n) is 27.9. The Bertz CT molecular complexity index is 3130. The molecular weight excluding hydrogens is 655 g/mol. The summed E-state index contributed by atoms with van der Waals surface area (Å²) in [6.45, 7) is 0. The molecule has 0 unspecified atom stereocenters. The minimum absolute atomic E-state index is 0.861. The molecule has 0 bridgehead atoms. The van der Waals surface area contributed by atoms with Gasteiger partial charge in [0.1, 0.15) is 22.3 Å². The van der Waals surface area contributed by atoms with Crippen LogP contribution in [0.4, 0.5) is 17.1 Å². The minimum Gasteiger partial charge on any atom is -0.456 e.